The summed E-state index contributed by atoms with van der Waals surface area (Å²) in [6.45, 7) is 0. The summed E-state index contributed by atoms with van der Waals surface area (Å²) < 4.78 is 0. The molecule has 0 saturated heterocycles. The molecule has 0 radical (unpaired) electrons. The minimum atomic E-state index is -0.300. The summed E-state index contributed by atoms with van der Waals surface area (Å²) in [7, 11) is 0. The largest absolute Gasteiger partial charge is 0.274 e. The molecule has 2 aliphatic rings. The molecule has 0 aliphatic carbocycles. The van der Waals surface area contributed by atoms with Gasteiger partial charge in [0.1, 0.15) is 11.0 Å². The van der Waals surface area contributed by atoms with Gasteiger partial charge >= 0.3 is 0 Å². The van der Waals surface area contributed by atoms with Crippen LogP contribution in [-0.2, 0) is 9.59 Å². The van der Waals surface area contributed by atoms with Crippen molar-refractivity contribution < 1.29 is 9.59 Å². The van der Waals surface area contributed by atoms with Gasteiger partial charge in [-0.25, -0.2) is 14.9 Å². The molecular weight excluding hydrogens is 342 g/mol. The monoisotopic (exact) mass is 349 g/mol. The number of thioether (sulfide) groups is 2. The van der Waals surface area contributed by atoms with Crippen molar-refractivity contribution >= 4 is 63.8 Å². The summed E-state index contributed by atoms with van der Waals surface area (Å²) >= 11 is 8.74. The first-order valence-corrected chi connectivity index (χ1v) is 8.82. The zero-order valence-electron chi connectivity index (χ0n) is 11.1. The molecule has 0 N–H and O–H groups in total. The number of fused-ring (bicyclic) bond motifs is 1. The van der Waals surface area contributed by atoms with E-state index in [1.165, 1.54) is 23.5 Å². The minimum Gasteiger partial charge on any atom is -0.267 e. The van der Waals surface area contributed by atoms with Gasteiger partial charge in [-0.05, 0) is 24.3 Å². The molecule has 0 atom stereocenters. The zero-order valence-corrected chi connectivity index (χ0v) is 13.5. The Balaban J connectivity index is 1.79. The van der Waals surface area contributed by atoms with Gasteiger partial charge in [0.15, 0.2) is 5.65 Å². The number of anilines is 1. The van der Waals surface area contributed by atoms with Gasteiger partial charge in [0.25, 0.3) is 11.8 Å². The third kappa shape index (κ3) is 2.12. The van der Waals surface area contributed by atoms with E-state index < -0.39 is 0 Å². The Labute approximate surface area is 139 Å². The lowest BCUT2D eigenvalue weighted by atomic mass is 10.3. The third-order valence-electron chi connectivity index (χ3n) is 3.31. The van der Waals surface area contributed by atoms with E-state index in [0.717, 1.165) is 21.8 Å². The van der Waals surface area contributed by atoms with Crippen LogP contribution in [0.2, 0.25) is 5.15 Å². The number of hydrogen-bond donors (Lipinski definition) is 0. The maximum Gasteiger partial charge on any atom is 0.274 e. The van der Waals surface area contributed by atoms with Crippen molar-refractivity contribution in [3.8, 4) is 0 Å². The summed E-state index contributed by atoms with van der Waals surface area (Å²) in [4.78, 5) is 35.6. The van der Waals surface area contributed by atoms with E-state index in [2.05, 4.69) is 9.97 Å². The molecule has 2 aliphatic heterocycles. The summed E-state index contributed by atoms with van der Waals surface area (Å²) in [6.07, 6.45) is 0. The second-order valence-corrected chi connectivity index (χ2v) is 7.25. The summed E-state index contributed by atoms with van der Waals surface area (Å²) in [5.41, 5.74) is 0.413. The van der Waals surface area contributed by atoms with Gasteiger partial charge in [0.05, 0.1) is 9.81 Å². The number of halogens is 1. The Morgan fingerprint density at radius 1 is 0.955 bits per heavy atom. The normalized spacial score (nSPS) is 18.3. The number of carbonyl (C=O) groups excluding carboxylic acids is 2. The molecule has 110 valence electrons. The zero-order chi connectivity index (χ0) is 15.3. The first-order chi connectivity index (χ1) is 10.6. The van der Waals surface area contributed by atoms with Gasteiger partial charge in [-0.1, -0.05) is 11.6 Å². The van der Waals surface area contributed by atoms with Crippen LogP contribution in [0.3, 0.4) is 0 Å². The van der Waals surface area contributed by atoms with Crippen LogP contribution in [0, 0.1) is 0 Å². The van der Waals surface area contributed by atoms with Gasteiger partial charge in [0.2, 0.25) is 0 Å². The van der Waals surface area contributed by atoms with E-state index in [1.54, 1.807) is 24.3 Å². The van der Waals surface area contributed by atoms with Crippen molar-refractivity contribution in [2.24, 2.45) is 0 Å². The Morgan fingerprint density at radius 2 is 1.59 bits per heavy atom. The molecule has 2 amide bonds. The fraction of sp³-hybridized carbons (Fsp3) is 0.143. The molecule has 5 nitrogen and oxygen atoms in total. The molecule has 0 unspecified atom stereocenters. The maximum atomic E-state index is 12.5. The van der Waals surface area contributed by atoms with E-state index >= 15 is 0 Å². The van der Waals surface area contributed by atoms with Crippen LogP contribution < -0.4 is 4.90 Å². The minimum absolute atomic E-state index is 0.285. The smallest absolute Gasteiger partial charge is 0.267 e. The molecule has 0 saturated carbocycles. The van der Waals surface area contributed by atoms with Crippen LogP contribution in [0.15, 0.2) is 34.1 Å². The second-order valence-electron chi connectivity index (χ2n) is 4.65. The molecular formula is C14H8ClN3O2S2. The number of hydrogen-bond acceptors (Lipinski definition) is 6. The van der Waals surface area contributed by atoms with Crippen molar-refractivity contribution in [1.82, 2.24) is 9.97 Å². The first kappa shape index (κ1) is 14.0. The molecule has 0 bridgehead atoms. The molecule has 0 aromatic carbocycles. The molecule has 22 heavy (non-hydrogen) atoms. The van der Waals surface area contributed by atoms with Crippen LogP contribution in [0.5, 0.6) is 0 Å². The van der Waals surface area contributed by atoms with Crippen molar-refractivity contribution in [3.05, 3.63) is 39.2 Å². The lowest BCUT2D eigenvalue weighted by molar-refractivity contribution is -0.120. The lowest BCUT2D eigenvalue weighted by Crippen LogP contribution is -2.31. The third-order valence-corrected chi connectivity index (χ3v) is 6.06. The molecule has 4 heterocycles. The highest BCUT2D eigenvalue weighted by Gasteiger charge is 2.41. The van der Waals surface area contributed by atoms with E-state index in [4.69, 9.17) is 11.6 Å². The van der Waals surface area contributed by atoms with Gasteiger partial charge in [0, 0.05) is 16.9 Å². The van der Waals surface area contributed by atoms with E-state index in [1.807, 2.05) is 0 Å². The average Bonchev–Trinajstić information content (AvgIpc) is 2.79. The Bertz CT molecular complexity index is 840. The van der Waals surface area contributed by atoms with Crippen LogP contribution in [0.1, 0.15) is 0 Å². The van der Waals surface area contributed by atoms with Gasteiger partial charge in [-0.2, -0.15) is 0 Å². The highest BCUT2D eigenvalue weighted by molar-refractivity contribution is 8.11. The predicted octanol–water partition coefficient (Wildman–Crippen LogP) is 2.85. The fourth-order valence-corrected chi connectivity index (χ4v) is 4.77. The molecule has 2 aromatic rings. The molecule has 4 rings (SSSR count). The predicted molar refractivity (Wildman–Crippen MR) is 89.0 cm³/mol. The number of aromatic nitrogens is 2. The number of amides is 2. The summed E-state index contributed by atoms with van der Waals surface area (Å²) in [5, 5.41) is 1.12. The molecule has 0 spiro atoms. The van der Waals surface area contributed by atoms with Crippen LogP contribution in [-0.4, -0.2) is 33.3 Å². The van der Waals surface area contributed by atoms with Gasteiger partial charge in [-0.3, -0.25) is 9.59 Å². The Kier molecular flexibility index (Phi) is 3.36. The van der Waals surface area contributed by atoms with Crippen molar-refractivity contribution in [1.29, 1.82) is 0 Å². The highest BCUT2D eigenvalue weighted by atomic mass is 35.5. The molecule has 0 fully saturated rings. The van der Waals surface area contributed by atoms with Crippen molar-refractivity contribution in [3.63, 3.8) is 0 Å². The Morgan fingerprint density at radius 3 is 2.27 bits per heavy atom. The second kappa shape index (κ2) is 5.26. The standard InChI is InChI=1S/C14H8ClN3O2S2/c15-8-3-1-7-2-4-9(17-12(7)16-8)18-13(19)10-11(14(18)20)22-6-5-21-10/h1-4H,5-6H2. The molecule has 2 aromatic heterocycles. The number of nitrogens with zero attached hydrogens (tertiary/aromatic N) is 3. The number of imide groups is 1. The van der Waals surface area contributed by atoms with E-state index in [9.17, 15) is 9.59 Å². The van der Waals surface area contributed by atoms with Crippen molar-refractivity contribution in [2.45, 2.75) is 0 Å². The van der Waals surface area contributed by atoms with Crippen LogP contribution in [0.25, 0.3) is 11.0 Å². The molecule has 8 heteroatoms. The number of carbonyl (C=O) groups is 2. The average molecular weight is 350 g/mol. The number of pyridine rings is 2. The maximum absolute atomic E-state index is 12.5. The fourth-order valence-electron chi connectivity index (χ4n) is 2.33. The first-order valence-electron chi connectivity index (χ1n) is 6.47. The van der Waals surface area contributed by atoms with Gasteiger partial charge in [-0.15, -0.1) is 23.5 Å². The van der Waals surface area contributed by atoms with Gasteiger partial charge < -0.3 is 0 Å². The van der Waals surface area contributed by atoms with Crippen LogP contribution in [0.4, 0.5) is 5.82 Å². The Hall–Kier alpha value is -1.57. The lowest BCUT2D eigenvalue weighted by Gasteiger charge is -2.13. The highest BCUT2D eigenvalue weighted by Crippen LogP contribution is 2.41. The van der Waals surface area contributed by atoms with E-state index in [0.29, 0.717) is 20.6 Å². The topological polar surface area (TPSA) is 63.2 Å². The quantitative estimate of drug-likeness (QED) is 0.582. The van der Waals surface area contributed by atoms with E-state index in [-0.39, 0.29) is 17.6 Å². The summed E-state index contributed by atoms with van der Waals surface area (Å²) in [6, 6.07) is 6.90. The number of rotatable bonds is 1. The summed E-state index contributed by atoms with van der Waals surface area (Å²) in [5.74, 6) is 1.35. The SMILES string of the molecule is O=C1C2=C(SCCS2)C(=O)N1c1ccc2ccc(Cl)nc2n1. The van der Waals surface area contributed by atoms with Crippen LogP contribution >= 0.6 is 35.1 Å². The van der Waals surface area contributed by atoms with Crippen molar-refractivity contribution in [2.75, 3.05) is 16.4 Å².